The molecule has 1 spiro atoms. The zero-order valence-electron chi connectivity index (χ0n) is 11.3. The van der Waals surface area contributed by atoms with Crippen molar-refractivity contribution in [3.63, 3.8) is 0 Å². The van der Waals surface area contributed by atoms with Gasteiger partial charge in [0, 0.05) is 6.54 Å². The van der Waals surface area contributed by atoms with Gasteiger partial charge in [0.1, 0.15) is 5.60 Å². The van der Waals surface area contributed by atoms with Crippen LogP contribution in [0, 0.1) is 0 Å². The number of amides is 3. The molecule has 0 radical (unpaired) electrons. The van der Waals surface area contributed by atoms with Crippen LogP contribution in [-0.2, 0) is 14.3 Å². The van der Waals surface area contributed by atoms with Gasteiger partial charge in [0.2, 0.25) is 5.60 Å². The molecule has 0 aromatic carbocycles. The number of hydrogen-bond acceptors (Lipinski definition) is 5. The molecule has 1 unspecified atom stereocenters. The standard InChI is InChI=1S/C12H18N2O5/c1-11(2,3)19-10(17)14-6-4-5-12(7-14)8(15)13-9(16)18-12/h4-7H2,1-3H3,(H,13,15,16). The second-order valence-corrected chi connectivity index (χ2v) is 5.84. The van der Waals surface area contributed by atoms with Gasteiger partial charge in [-0.3, -0.25) is 10.1 Å². The van der Waals surface area contributed by atoms with Crippen LogP contribution in [0.4, 0.5) is 9.59 Å². The van der Waals surface area contributed by atoms with Crippen LogP contribution in [0.15, 0.2) is 0 Å². The van der Waals surface area contributed by atoms with E-state index >= 15 is 0 Å². The Morgan fingerprint density at radius 1 is 1.42 bits per heavy atom. The van der Waals surface area contributed by atoms with Gasteiger partial charge in [-0.2, -0.15) is 0 Å². The largest absolute Gasteiger partial charge is 0.444 e. The fourth-order valence-corrected chi connectivity index (χ4v) is 2.23. The number of imide groups is 1. The summed E-state index contributed by atoms with van der Waals surface area (Å²) in [6.45, 7) is 5.84. The Kier molecular flexibility index (Phi) is 3.15. The highest BCUT2D eigenvalue weighted by molar-refractivity contribution is 6.03. The molecule has 0 aliphatic carbocycles. The Balaban J connectivity index is 2.07. The smallest absolute Gasteiger partial charge is 0.415 e. The van der Waals surface area contributed by atoms with Gasteiger partial charge in [0.05, 0.1) is 6.54 Å². The number of alkyl carbamates (subject to hydrolysis) is 1. The first-order chi connectivity index (χ1) is 8.72. The minimum atomic E-state index is -1.24. The molecular formula is C12H18N2O5. The summed E-state index contributed by atoms with van der Waals surface area (Å²) in [5.74, 6) is -0.481. The molecule has 2 fully saturated rings. The Morgan fingerprint density at radius 3 is 2.63 bits per heavy atom. The molecule has 3 amide bonds. The van der Waals surface area contributed by atoms with Crippen molar-refractivity contribution >= 4 is 18.1 Å². The normalized spacial score (nSPS) is 27.2. The first kappa shape index (κ1) is 13.6. The molecule has 0 aromatic heterocycles. The van der Waals surface area contributed by atoms with Gasteiger partial charge in [0.25, 0.3) is 5.91 Å². The van der Waals surface area contributed by atoms with Gasteiger partial charge in [-0.15, -0.1) is 0 Å². The Morgan fingerprint density at radius 2 is 2.11 bits per heavy atom. The highest BCUT2D eigenvalue weighted by atomic mass is 16.6. The van der Waals surface area contributed by atoms with Crippen molar-refractivity contribution in [3.8, 4) is 0 Å². The van der Waals surface area contributed by atoms with Crippen LogP contribution in [0.25, 0.3) is 0 Å². The Labute approximate surface area is 111 Å². The van der Waals surface area contributed by atoms with Crippen LogP contribution in [0.3, 0.4) is 0 Å². The average Bonchev–Trinajstić information content (AvgIpc) is 2.51. The molecule has 7 heteroatoms. The van der Waals surface area contributed by atoms with Gasteiger partial charge in [-0.25, -0.2) is 9.59 Å². The molecule has 2 aliphatic rings. The molecule has 1 atom stereocenters. The maximum absolute atomic E-state index is 12.0. The molecule has 2 saturated heterocycles. The van der Waals surface area contributed by atoms with Crippen molar-refractivity contribution in [3.05, 3.63) is 0 Å². The Bertz CT molecular complexity index is 428. The lowest BCUT2D eigenvalue weighted by atomic mass is 9.92. The molecule has 7 nitrogen and oxygen atoms in total. The SMILES string of the molecule is CC(C)(C)OC(=O)N1CCCC2(C1)OC(=O)NC2=O. The van der Waals surface area contributed by atoms with Gasteiger partial charge in [0.15, 0.2) is 0 Å². The molecular weight excluding hydrogens is 252 g/mol. The van der Waals surface area contributed by atoms with Crippen LogP contribution < -0.4 is 5.32 Å². The summed E-state index contributed by atoms with van der Waals surface area (Å²) in [5.41, 5.74) is -1.84. The summed E-state index contributed by atoms with van der Waals surface area (Å²) in [7, 11) is 0. The fraction of sp³-hybridized carbons (Fsp3) is 0.750. The summed E-state index contributed by atoms with van der Waals surface area (Å²) in [4.78, 5) is 36.3. The second-order valence-electron chi connectivity index (χ2n) is 5.84. The fourth-order valence-electron chi connectivity index (χ4n) is 2.23. The molecule has 0 saturated carbocycles. The van der Waals surface area contributed by atoms with Crippen molar-refractivity contribution < 1.29 is 23.9 Å². The van der Waals surface area contributed by atoms with E-state index in [2.05, 4.69) is 5.32 Å². The van der Waals surface area contributed by atoms with E-state index in [-0.39, 0.29) is 6.54 Å². The van der Waals surface area contributed by atoms with E-state index in [1.165, 1.54) is 4.90 Å². The summed E-state index contributed by atoms with van der Waals surface area (Å²) in [6, 6.07) is 0. The zero-order chi connectivity index (χ0) is 14.3. The lowest BCUT2D eigenvalue weighted by Gasteiger charge is -2.37. The molecule has 106 valence electrons. The van der Waals surface area contributed by atoms with E-state index in [9.17, 15) is 14.4 Å². The molecule has 2 heterocycles. The van der Waals surface area contributed by atoms with Crippen LogP contribution in [0.1, 0.15) is 33.6 Å². The molecule has 0 bridgehead atoms. The third kappa shape index (κ3) is 2.80. The molecule has 2 rings (SSSR count). The van der Waals surface area contributed by atoms with E-state index < -0.39 is 29.3 Å². The number of carbonyl (C=O) groups excluding carboxylic acids is 3. The van der Waals surface area contributed by atoms with E-state index in [0.717, 1.165) is 0 Å². The molecule has 0 aromatic rings. The summed E-state index contributed by atoms with van der Waals surface area (Å²) < 4.78 is 10.3. The van der Waals surface area contributed by atoms with Crippen LogP contribution in [-0.4, -0.2) is 47.3 Å². The van der Waals surface area contributed by atoms with E-state index in [0.29, 0.717) is 19.4 Å². The quantitative estimate of drug-likeness (QED) is 0.710. The zero-order valence-corrected chi connectivity index (χ0v) is 11.3. The first-order valence-corrected chi connectivity index (χ1v) is 6.24. The predicted octanol–water partition coefficient (Wildman–Crippen LogP) is 1.02. The minimum Gasteiger partial charge on any atom is -0.444 e. The average molecular weight is 270 g/mol. The predicted molar refractivity (Wildman–Crippen MR) is 64.4 cm³/mol. The molecule has 2 aliphatic heterocycles. The minimum absolute atomic E-state index is 0.0412. The maximum atomic E-state index is 12.0. The lowest BCUT2D eigenvalue weighted by molar-refractivity contribution is -0.135. The second kappa shape index (κ2) is 4.40. The number of likely N-dealkylation sites (tertiary alicyclic amines) is 1. The summed E-state index contributed by atoms with van der Waals surface area (Å²) in [6.07, 6.45) is -0.248. The van der Waals surface area contributed by atoms with Crippen LogP contribution in [0.2, 0.25) is 0 Å². The number of carbonyl (C=O) groups is 3. The van der Waals surface area contributed by atoms with E-state index in [4.69, 9.17) is 9.47 Å². The van der Waals surface area contributed by atoms with Gasteiger partial charge < -0.3 is 14.4 Å². The summed E-state index contributed by atoms with van der Waals surface area (Å²) in [5, 5.41) is 2.11. The highest BCUT2D eigenvalue weighted by Gasteiger charge is 2.52. The van der Waals surface area contributed by atoms with Crippen LogP contribution >= 0.6 is 0 Å². The van der Waals surface area contributed by atoms with Crippen molar-refractivity contribution in [1.29, 1.82) is 0 Å². The van der Waals surface area contributed by atoms with E-state index in [1.54, 1.807) is 20.8 Å². The van der Waals surface area contributed by atoms with Gasteiger partial charge in [-0.05, 0) is 33.6 Å². The summed E-state index contributed by atoms with van der Waals surface area (Å²) >= 11 is 0. The topological polar surface area (TPSA) is 84.9 Å². The number of piperidine rings is 1. The third-order valence-electron chi connectivity index (χ3n) is 3.02. The van der Waals surface area contributed by atoms with Crippen molar-refractivity contribution in [2.75, 3.05) is 13.1 Å². The first-order valence-electron chi connectivity index (χ1n) is 6.24. The van der Waals surface area contributed by atoms with E-state index in [1.807, 2.05) is 0 Å². The van der Waals surface area contributed by atoms with Crippen molar-refractivity contribution in [2.24, 2.45) is 0 Å². The number of hydrogen-bond donors (Lipinski definition) is 1. The molecule has 1 N–H and O–H groups in total. The van der Waals surface area contributed by atoms with Gasteiger partial charge in [-0.1, -0.05) is 0 Å². The number of rotatable bonds is 0. The number of nitrogens with zero attached hydrogens (tertiary/aromatic N) is 1. The van der Waals surface area contributed by atoms with Crippen molar-refractivity contribution in [1.82, 2.24) is 10.2 Å². The molecule has 19 heavy (non-hydrogen) atoms. The lowest BCUT2D eigenvalue weighted by Crippen LogP contribution is -2.55. The Hall–Kier alpha value is -1.79. The van der Waals surface area contributed by atoms with Crippen molar-refractivity contribution in [2.45, 2.75) is 44.8 Å². The number of nitrogens with one attached hydrogen (secondary N) is 1. The van der Waals surface area contributed by atoms with Gasteiger partial charge >= 0.3 is 12.2 Å². The van der Waals surface area contributed by atoms with Crippen LogP contribution in [0.5, 0.6) is 0 Å². The third-order valence-corrected chi connectivity index (χ3v) is 3.02. The highest BCUT2D eigenvalue weighted by Crippen LogP contribution is 2.29. The number of ether oxygens (including phenoxy) is 2. The maximum Gasteiger partial charge on any atom is 0.415 e. The monoisotopic (exact) mass is 270 g/mol.